The second kappa shape index (κ2) is 2.85. The van der Waals surface area contributed by atoms with Gasteiger partial charge in [-0.25, -0.2) is 0 Å². The van der Waals surface area contributed by atoms with Gasteiger partial charge in [0.2, 0.25) is 0 Å². The van der Waals surface area contributed by atoms with E-state index in [-0.39, 0.29) is 6.61 Å². The third-order valence-corrected chi connectivity index (χ3v) is 1.24. The maximum Gasteiger partial charge on any atom is 0.0687 e. The van der Waals surface area contributed by atoms with E-state index in [2.05, 4.69) is 6.07 Å². The first-order valence-electron chi connectivity index (χ1n) is 2.60. The van der Waals surface area contributed by atoms with Gasteiger partial charge in [0.25, 0.3) is 0 Å². The minimum absolute atomic E-state index is 0.0250. The lowest BCUT2D eigenvalue weighted by Gasteiger charge is -1.91. The van der Waals surface area contributed by atoms with Crippen LogP contribution in [0.3, 0.4) is 0 Å². The van der Waals surface area contributed by atoms with Gasteiger partial charge in [-0.1, -0.05) is 17.7 Å². The summed E-state index contributed by atoms with van der Waals surface area (Å²) in [6.45, 7) is 0.0250. The zero-order valence-electron chi connectivity index (χ0n) is 4.76. The van der Waals surface area contributed by atoms with E-state index in [0.717, 1.165) is 5.56 Å². The molecule has 0 spiro atoms. The van der Waals surface area contributed by atoms with Gasteiger partial charge in [0.05, 0.1) is 6.61 Å². The van der Waals surface area contributed by atoms with Crippen LogP contribution in [0.4, 0.5) is 0 Å². The van der Waals surface area contributed by atoms with E-state index < -0.39 is 0 Å². The number of aliphatic hydroxyl groups excluding tert-OH is 1. The van der Waals surface area contributed by atoms with Crippen LogP contribution in [-0.2, 0) is 6.61 Å². The predicted octanol–water partition coefficient (Wildman–Crippen LogP) is 1.63. The molecule has 47 valence electrons. The quantitative estimate of drug-likeness (QED) is 0.631. The monoisotopic (exact) mass is 141 g/mol. The average molecular weight is 142 g/mol. The van der Waals surface area contributed by atoms with Crippen molar-refractivity contribution in [3.63, 3.8) is 0 Å². The number of halogens is 1. The third-order valence-electron chi connectivity index (χ3n) is 1.01. The fraction of sp³-hybridized carbons (Fsp3) is 0.143. The molecule has 0 saturated carbocycles. The molecule has 0 unspecified atom stereocenters. The first-order valence-corrected chi connectivity index (χ1v) is 2.97. The lowest BCUT2D eigenvalue weighted by atomic mass is 10.2. The first kappa shape index (κ1) is 6.59. The number of aliphatic hydroxyl groups is 1. The minimum Gasteiger partial charge on any atom is -0.392 e. The summed E-state index contributed by atoms with van der Waals surface area (Å²) in [4.78, 5) is 0. The Morgan fingerprint density at radius 1 is 1.56 bits per heavy atom. The highest BCUT2D eigenvalue weighted by atomic mass is 35.5. The summed E-state index contributed by atoms with van der Waals surface area (Å²) in [6, 6.07) is 7.90. The third kappa shape index (κ3) is 1.70. The molecule has 0 aliphatic rings. The molecule has 0 atom stereocenters. The van der Waals surface area contributed by atoms with Crippen LogP contribution < -0.4 is 0 Å². The second-order valence-electron chi connectivity index (χ2n) is 1.69. The Morgan fingerprint density at radius 2 is 2.33 bits per heavy atom. The maximum atomic E-state index is 8.55. The number of hydrogen-bond donors (Lipinski definition) is 1. The van der Waals surface area contributed by atoms with E-state index in [9.17, 15) is 0 Å². The standard InChI is InChI=1S/C7H6ClO/c8-7-3-1-6(5-9)2-4-7/h1,3-4,9H,5H2. The molecule has 0 aromatic heterocycles. The number of benzene rings is 1. The fourth-order valence-corrected chi connectivity index (χ4v) is 0.654. The van der Waals surface area contributed by atoms with E-state index in [1.165, 1.54) is 0 Å². The molecule has 0 heterocycles. The highest BCUT2D eigenvalue weighted by Crippen LogP contribution is 2.07. The largest absolute Gasteiger partial charge is 0.392 e. The second-order valence-corrected chi connectivity index (χ2v) is 2.13. The maximum absolute atomic E-state index is 8.55. The molecule has 0 aliphatic heterocycles. The van der Waals surface area contributed by atoms with E-state index in [1.54, 1.807) is 18.2 Å². The molecule has 9 heavy (non-hydrogen) atoms. The molecule has 1 radical (unpaired) electrons. The zero-order chi connectivity index (χ0) is 6.69. The van der Waals surface area contributed by atoms with Crippen LogP contribution in [-0.4, -0.2) is 5.11 Å². The Kier molecular flexibility index (Phi) is 2.09. The highest BCUT2D eigenvalue weighted by Gasteiger charge is 1.88. The Balaban J connectivity index is 2.88. The van der Waals surface area contributed by atoms with Crippen molar-refractivity contribution in [2.45, 2.75) is 6.61 Å². The molecule has 0 bridgehead atoms. The van der Waals surface area contributed by atoms with Crippen molar-refractivity contribution in [1.82, 2.24) is 0 Å². The van der Waals surface area contributed by atoms with Crippen LogP contribution in [0.15, 0.2) is 18.2 Å². The zero-order valence-corrected chi connectivity index (χ0v) is 5.52. The van der Waals surface area contributed by atoms with Crippen molar-refractivity contribution in [2.75, 3.05) is 0 Å². The lowest BCUT2D eigenvalue weighted by molar-refractivity contribution is 0.281. The SMILES string of the molecule is OCc1[c]cc(Cl)cc1. The van der Waals surface area contributed by atoms with Gasteiger partial charge < -0.3 is 5.11 Å². The molecule has 0 amide bonds. The van der Waals surface area contributed by atoms with Crippen LogP contribution in [0.25, 0.3) is 0 Å². The molecule has 1 nitrogen and oxygen atoms in total. The Hall–Kier alpha value is -0.530. The van der Waals surface area contributed by atoms with Crippen LogP contribution in [0.5, 0.6) is 0 Å². The van der Waals surface area contributed by atoms with Gasteiger partial charge in [0.15, 0.2) is 0 Å². The summed E-state index contributed by atoms with van der Waals surface area (Å²) < 4.78 is 0. The van der Waals surface area contributed by atoms with Crippen LogP contribution in [0, 0.1) is 6.07 Å². The summed E-state index contributed by atoms with van der Waals surface area (Å²) >= 11 is 5.56. The van der Waals surface area contributed by atoms with Gasteiger partial charge in [0, 0.05) is 5.02 Å². The summed E-state index contributed by atoms with van der Waals surface area (Å²) in [5.41, 5.74) is 0.763. The van der Waals surface area contributed by atoms with Crippen LogP contribution >= 0.6 is 11.6 Å². The van der Waals surface area contributed by atoms with Crippen LogP contribution in [0.1, 0.15) is 5.56 Å². The van der Waals surface area contributed by atoms with Crippen molar-refractivity contribution in [3.05, 3.63) is 34.9 Å². The van der Waals surface area contributed by atoms with Gasteiger partial charge in [0.1, 0.15) is 0 Å². The predicted molar refractivity (Wildman–Crippen MR) is 36.2 cm³/mol. The molecule has 1 aromatic rings. The van der Waals surface area contributed by atoms with E-state index in [0.29, 0.717) is 5.02 Å². The van der Waals surface area contributed by atoms with Gasteiger partial charge >= 0.3 is 0 Å². The van der Waals surface area contributed by atoms with Gasteiger partial charge in [-0.3, -0.25) is 0 Å². The topological polar surface area (TPSA) is 20.2 Å². The molecule has 0 saturated heterocycles. The van der Waals surface area contributed by atoms with Crippen molar-refractivity contribution < 1.29 is 5.11 Å². The fourth-order valence-electron chi connectivity index (χ4n) is 0.536. The van der Waals surface area contributed by atoms with Crippen molar-refractivity contribution in [2.24, 2.45) is 0 Å². The normalized spacial score (nSPS) is 9.56. The van der Waals surface area contributed by atoms with E-state index in [4.69, 9.17) is 16.7 Å². The molecular weight excluding hydrogens is 136 g/mol. The molecule has 0 fully saturated rings. The molecule has 1 N–H and O–H groups in total. The molecule has 2 heteroatoms. The van der Waals surface area contributed by atoms with Crippen molar-refractivity contribution >= 4 is 11.6 Å². The van der Waals surface area contributed by atoms with Gasteiger partial charge in [-0.2, -0.15) is 0 Å². The Labute approximate surface area is 58.9 Å². The van der Waals surface area contributed by atoms with Gasteiger partial charge in [-0.15, -0.1) is 0 Å². The summed E-state index contributed by atoms with van der Waals surface area (Å²) in [6.07, 6.45) is 0. The number of hydrogen-bond acceptors (Lipinski definition) is 1. The first-order chi connectivity index (χ1) is 4.33. The van der Waals surface area contributed by atoms with Crippen molar-refractivity contribution in [3.8, 4) is 0 Å². The molecule has 1 rings (SSSR count). The lowest BCUT2D eigenvalue weighted by Crippen LogP contribution is -1.79. The Morgan fingerprint density at radius 3 is 2.78 bits per heavy atom. The molecule has 0 aliphatic carbocycles. The summed E-state index contributed by atoms with van der Waals surface area (Å²) in [5, 5.41) is 9.20. The van der Waals surface area contributed by atoms with Gasteiger partial charge in [-0.05, 0) is 23.8 Å². The average Bonchev–Trinajstić information content (AvgIpc) is 1.90. The molecule has 1 aromatic carbocycles. The van der Waals surface area contributed by atoms with Crippen molar-refractivity contribution in [1.29, 1.82) is 0 Å². The molecular formula is C7H6ClO. The van der Waals surface area contributed by atoms with Crippen LogP contribution in [0.2, 0.25) is 5.02 Å². The minimum atomic E-state index is 0.0250. The highest BCUT2D eigenvalue weighted by molar-refractivity contribution is 6.30. The smallest absolute Gasteiger partial charge is 0.0687 e. The van der Waals surface area contributed by atoms with E-state index in [1.807, 2.05) is 0 Å². The number of rotatable bonds is 1. The van der Waals surface area contributed by atoms with E-state index >= 15 is 0 Å². The Bertz CT molecular complexity index is 181. The summed E-state index contributed by atoms with van der Waals surface area (Å²) in [5.74, 6) is 0. The summed E-state index contributed by atoms with van der Waals surface area (Å²) in [7, 11) is 0.